The first-order chi connectivity index (χ1) is 10.3. The summed E-state index contributed by atoms with van der Waals surface area (Å²) in [5, 5.41) is 21.1. The first kappa shape index (κ1) is 16.8. The van der Waals surface area contributed by atoms with Crippen molar-refractivity contribution in [3.63, 3.8) is 0 Å². The Balaban J connectivity index is 0.00000176. The Bertz CT molecular complexity index is 589. The van der Waals surface area contributed by atoms with E-state index in [2.05, 4.69) is 33.3 Å². The molecule has 0 atom stereocenters. The van der Waals surface area contributed by atoms with Crippen LogP contribution in [0, 0.1) is 6.92 Å². The topological polar surface area (TPSA) is 67.9 Å². The average Bonchev–Trinajstić information content (AvgIpc) is 3.17. The number of aryl methyl sites for hydroxylation is 1. The number of nitrogens with one attached hydrogen (secondary N) is 1. The number of aromatic nitrogens is 4. The highest BCUT2D eigenvalue weighted by Gasteiger charge is 2.18. The summed E-state index contributed by atoms with van der Waals surface area (Å²) in [5.41, 5.74) is 3.30. The van der Waals surface area contributed by atoms with Gasteiger partial charge >= 0.3 is 0 Å². The van der Waals surface area contributed by atoms with Crippen LogP contribution < -0.4 is 5.32 Å². The normalized spacial score (nSPS) is 15.0. The van der Waals surface area contributed by atoms with Crippen molar-refractivity contribution in [3.05, 3.63) is 29.8 Å². The largest absolute Gasteiger partial charge is 0.394 e. The fraction of sp³-hybridized carbons (Fsp3) is 0.600. The van der Waals surface area contributed by atoms with Crippen molar-refractivity contribution in [1.82, 2.24) is 19.6 Å². The SMILES string of the molecule is Cc1nn(C2CCCC2)cc1CNc1cnn(CCO)c1.Cl. The van der Waals surface area contributed by atoms with Crippen LogP contribution in [0.25, 0.3) is 0 Å². The molecule has 1 aliphatic rings. The fourth-order valence-corrected chi connectivity index (χ4v) is 2.93. The lowest BCUT2D eigenvalue weighted by Gasteiger charge is -2.08. The maximum absolute atomic E-state index is 8.89. The van der Waals surface area contributed by atoms with Gasteiger partial charge in [0, 0.05) is 24.5 Å². The van der Waals surface area contributed by atoms with Gasteiger partial charge in [0.25, 0.3) is 0 Å². The van der Waals surface area contributed by atoms with Crippen molar-refractivity contribution in [2.24, 2.45) is 0 Å². The van der Waals surface area contributed by atoms with Gasteiger partial charge in [-0.15, -0.1) is 12.4 Å². The minimum absolute atomic E-state index is 0. The molecule has 7 heteroatoms. The van der Waals surface area contributed by atoms with Crippen LogP contribution in [-0.4, -0.2) is 31.3 Å². The van der Waals surface area contributed by atoms with E-state index < -0.39 is 0 Å². The highest BCUT2D eigenvalue weighted by atomic mass is 35.5. The van der Waals surface area contributed by atoms with Crippen molar-refractivity contribution in [2.45, 2.75) is 51.7 Å². The van der Waals surface area contributed by atoms with Gasteiger partial charge in [0.1, 0.15) is 0 Å². The molecule has 0 spiro atoms. The smallest absolute Gasteiger partial charge is 0.0729 e. The standard InChI is InChI=1S/C15H23N5O.ClH/c1-12-13(10-20(18-12)15-4-2-3-5-15)8-16-14-9-17-19(11-14)6-7-21;/h9-11,15-16,21H,2-8H2,1H3;1H. The molecular weight excluding hydrogens is 302 g/mol. The van der Waals surface area contributed by atoms with E-state index in [1.165, 1.54) is 31.2 Å². The second kappa shape index (κ2) is 7.65. The molecule has 1 fully saturated rings. The molecule has 1 saturated carbocycles. The number of aliphatic hydroxyl groups is 1. The molecule has 122 valence electrons. The third kappa shape index (κ3) is 3.81. The van der Waals surface area contributed by atoms with Crippen LogP contribution in [0.4, 0.5) is 5.69 Å². The molecule has 0 unspecified atom stereocenters. The van der Waals surface area contributed by atoms with Gasteiger partial charge in [0.2, 0.25) is 0 Å². The van der Waals surface area contributed by atoms with Crippen molar-refractivity contribution in [3.8, 4) is 0 Å². The molecule has 3 rings (SSSR count). The number of hydrogen-bond donors (Lipinski definition) is 2. The van der Waals surface area contributed by atoms with Gasteiger partial charge in [-0.25, -0.2) is 0 Å². The zero-order chi connectivity index (χ0) is 14.7. The summed E-state index contributed by atoms with van der Waals surface area (Å²) < 4.78 is 3.88. The maximum atomic E-state index is 8.89. The maximum Gasteiger partial charge on any atom is 0.0729 e. The van der Waals surface area contributed by atoms with Gasteiger partial charge in [-0.05, 0) is 19.8 Å². The quantitative estimate of drug-likeness (QED) is 0.856. The molecule has 22 heavy (non-hydrogen) atoms. The van der Waals surface area contributed by atoms with Crippen LogP contribution in [-0.2, 0) is 13.1 Å². The molecule has 0 amide bonds. The van der Waals surface area contributed by atoms with Crippen LogP contribution in [0.5, 0.6) is 0 Å². The number of aliphatic hydroxyl groups excluding tert-OH is 1. The van der Waals surface area contributed by atoms with Crippen LogP contribution in [0.2, 0.25) is 0 Å². The Morgan fingerprint density at radius 1 is 1.32 bits per heavy atom. The Morgan fingerprint density at radius 2 is 2.09 bits per heavy atom. The summed E-state index contributed by atoms with van der Waals surface area (Å²) >= 11 is 0. The molecule has 0 radical (unpaired) electrons. The molecule has 6 nitrogen and oxygen atoms in total. The molecule has 2 N–H and O–H groups in total. The van der Waals surface area contributed by atoms with E-state index in [1.54, 1.807) is 10.9 Å². The van der Waals surface area contributed by atoms with Gasteiger partial charge in [0.05, 0.1) is 36.8 Å². The predicted octanol–water partition coefficient (Wildman–Crippen LogP) is 2.53. The Morgan fingerprint density at radius 3 is 2.82 bits per heavy atom. The average molecular weight is 326 g/mol. The van der Waals surface area contributed by atoms with Crippen LogP contribution >= 0.6 is 12.4 Å². The molecule has 1 aliphatic carbocycles. The summed E-state index contributed by atoms with van der Waals surface area (Å²) in [6.45, 7) is 3.45. The number of halogens is 1. The van der Waals surface area contributed by atoms with Crippen molar-refractivity contribution in [1.29, 1.82) is 0 Å². The highest BCUT2D eigenvalue weighted by molar-refractivity contribution is 5.85. The van der Waals surface area contributed by atoms with E-state index in [9.17, 15) is 0 Å². The molecule has 0 saturated heterocycles. The van der Waals surface area contributed by atoms with Crippen molar-refractivity contribution >= 4 is 18.1 Å². The first-order valence-corrected chi connectivity index (χ1v) is 7.68. The second-order valence-corrected chi connectivity index (χ2v) is 5.73. The lowest BCUT2D eigenvalue weighted by molar-refractivity contribution is 0.269. The Labute approximate surface area is 136 Å². The Hall–Kier alpha value is -1.53. The summed E-state index contributed by atoms with van der Waals surface area (Å²) in [5.74, 6) is 0. The molecule has 2 heterocycles. The third-order valence-electron chi connectivity index (χ3n) is 4.16. The van der Waals surface area contributed by atoms with E-state index >= 15 is 0 Å². The van der Waals surface area contributed by atoms with E-state index in [0.29, 0.717) is 12.6 Å². The van der Waals surface area contributed by atoms with Gasteiger partial charge < -0.3 is 10.4 Å². The van der Waals surface area contributed by atoms with E-state index in [-0.39, 0.29) is 19.0 Å². The zero-order valence-electron chi connectivity index (χ0n) is 12.9. The van der Waals surface area contributed by atoms with Crippen molar-refractivity contribution in [2.75, 3.05) is 11.9 Å². The molecule has 2 aromatic rings. The lowest BCUT2D eigenvalue weighted by Crippen LogP contribution is -2.05. The van der Waals surface area contributed by atoms with Gasteiger partial charge in [-0.1, -0.05) is 12.8 Å². The molecule has 0 aromatic carbocycles. The van der Waals surface area contributed by atoms with E-state index in [1.807, 2.05) is 6.20 Å². The monoisotopic (exact) mass is 325 g/mol. The number of rotatable bonds is 6. The number of hydrogen-bond acceptors (Lipinski definition) is 4. The Kier molecular flexibility index (Phi) is 5.85. The van der Waals surface area contributed by atoms with Crippen LogP contribution in [0.3, 0.4) is 0 Å². The van der Waals surface area contributed by atoms with Crippen molar-refractivity contribution < 1.29 is 5.11 Å². The molecule has 0 bridgehead atoms. The summed E-state index contributed by atoms with van der Waals surface area (Å²) in [6.07, 6.45) is 11.0. The lowest BCUT2D eigenvalue weighted by atomic mass is 10.2. The van der Waals surface area contributed by atoms with Gasteiger partial charge in [0.15, 0.2) is 0 Å². The summed E-state index contributed by atoms with van der Waals surface area (Å²) in [7, 11) is 0. The predicted molar refractivity (Wildman–Crippen MR) is 88.4 cm³/mol. The highest BCUT2D eigenvalue weighted by Crippen LogP contribution is 2.29. The van der Waals surface area contributed by atoms with Crippen LogP contribution in [0.1, 0.15) is 43.0 Å². The van der Waals surface area contributed by atoms with E-state index in [4.69, 9.17) is 5.11 Å². The molecule has 0 aliphatic heterocycles. The van der Waals surface area contributed by atoms with E-state index in [0.717, 1.165) is 17.9 Å². The number of anilines is 1. The minimum atomic E-state index is 0. The first-order valence-electron chi connectivity index (χ1n) is 7.68. The summed E-state index contributed by atoms with van der Waals surface area (Å²) in [6, 6.07) is 0.588. The second-order valence-electron chi connectivity index (χ2n) is 5.73. The number of nitrogens with zero attached hydrogens (tertiary/aromatic N) is 4. The summed E-state index contributed by atoms with van der Waals surface area (Å²) in [4.78, 5) is 0. The van der Waals surface area contributed by atoms with Crippen LogP contribution in [0.15, 0.2) is 18.6 Å². The molecular formula is C15H24ClN5O. The van der Waals surface area contributed by atoms with Gasteiger partial charge in [-0.3, -0.25) is 9.36 Å². The molecule has 2 aromatic heterocycles. The zero-order valence-corrected chi connectivity index (χ0v) is 13.7. The van der Waals surface area contributed by atoms with Gasteiger partial charge in [-0.2, -0.15) is 10.2 Å². The minimum Gasteiger partial charge on any atom is -0.394 e. The third-order valence-corrected chi connectivity index (χ3v) is 4.16. The fourth-order valence-electron chi connectivity index (χ4n) is 2.93.